The van der Waals surface area contributed by atoms with E-state index in [1.807, 2.05) is 10.8 Å². The van der Waals surface area contributed by atoms with Gasteiger partial charge in [-0.1, -0.05) is 30.3 Å². The molecule has 1 aliphatic rings. The van der Waals surface area contributed by atoms with Crippen LogP contribution >= 0.6 is 0 Å². The average molecular weight is 338 g/mol. The van der Waals surface area contributed by atoms with Crippen LogP contribution in [0, 0.1) is 13.8 Å². The third kappa shape index (κ3) is 4.59. The van der Waals surface area contributed by atoms with Crippen LogP contribution in [0.4, 0.5) is 0 Å². The minimum atomic E-state index is 0.695. The lowest BCUT2D eigenvalue weighted by Crippen LogP contribution is -2.30. The summed E-state index contributed by atoms with van der Waals surface area (Å²) < 4.78 is 1.95. The number of nitrogens with one attached hydrogen (secondary N) is 1. The lowest BCUT2D eigenvalue weighted by Gasteiger charge is -2.17. The van der Waals surface area contributed by atoms with E-state index in [1.165, 1.54) is 36.2 Å². The van der Waals surface area contributed by atoms with Crippen molar-refractivity contribution in [1.82, 2.24) is 20.0 Å². The van der Waals surface area contributed by atoms with Gasteiger partial charge in [-0.15, -0.1) is 6.58 Å². The van der Waals surface area contributed by atoms with E-state index in [0.29, 0.717) is 5.92 Å². The number of rotatable bonds is 8. The van der Waals surface area contributed by atoms with Gasteiger partial charge in [0, 0.05) is 37.9 Å². The Labute approximate surface area is 151 Å². The molecule has 0 saturated carbocycles. The number of likely N-dealkylation sites (tertiary alicyclic amines) is 1. The van der Waals surface area contributed by atoms with Crippen molar-refractivity contribution in [1.29, 1.82) is 0 Å². The molecule has 2 aromatic rings. The molecule has 0 amide bonds. The fourth-order valence-corrected chi connectivity index (χ4v) is 3.75. The zero-order chi connectivity index (χ0) is 17.6. The van der Waals surface area contributed by atoms with Gasteiger partial charge in [0.15, 0.2) is 0 Å². The molecule has 4 nitrogen and oxygen atoms in total. The van der Waals surface area contributed by atoms with Gasteiger partial charge in [0.1, 0.15) is 0 Å². The third-order valence-electron chi connectivity index (χ3n) is 5.19. The number of aromatic nitrogens is 2. The summed E-state index contributed by atoms with van der Waals surface area (Å²) in [5.41, 5.74) is 5.35. The van der Waals surface area contributed by atoms with Crippen LogP contribution in [0.1, 0.15) is 34.7 Å². The van der Waals surface area contributed by atoms with Crippen LogP contribution in [-0.2, 0) is 13.1 Å². The van der Waals surface area contributed by atoms with Crippen LogP contribution in [0.5, 0.6) is 0 Å². The van der Waals surface area contributed by atoms with Crippen molar-refractivity contribution in [3.63, 3.8) is 0 Å². The van der Waals surface area contributed by atoms with E-state index in [1.54, 1.807) is 0 Å². The van der Waals surface area contributed by atoms with Crippen molar-refractivity contribution >= 4 is 0 Å². The Morgan fingerprint density at radius 1 is 1.32 bits per heavy atom. The molecule has 3 rings (SSSR count). The Bertz CT molecular complexity index is 704. The maximum absolute atomic E-state index is 4.50. The van der Waals surface area contributed by atoms with Gasteiger partial charge in [-0.2, -0.15) is 5.10 Å². The summed E-state index contributed by atoms with van der Waals surface area (Å²) in [6, 6.07) is 8.83. The first-order valence-corrected chi connectivity index (χ1v) is 9.30. The molecule has 1 aromatic heterocycles. The molecule has 1 N–H and O–H groups in total. The Morgan fingerprint density at radius 2 is 2.16 bits per heavy atom. The van der Waals surface area contributed by atoms with Gasteiger partial charge >= 0.3 is 0 Å². The van der Waals surface area contributed by atoms with Crippen LogP contribution in [0.25, 0.3) is 0 Å². The summed E-state index contributed by atoms with van der Waals surface area (Å²) in [6.45, 7) is 14.3. The summed E-state index contributed by atoms with van der Waals surface area (Å²) in [5.74, 6) is 0.695. The molecular weight excluding hydrogens is 308 g/mol. The first kappa shape index (κ1) is 17.9. The predicted octanol–water partition coefficient (Wildman–Crippen LogP) is 3.27. The van der Waals surface area contributed by atoms with E-state index in [2.05, 4.69) is 66.2 Å². The van der Waals surface area contributed by atoms with Crippen LogP contribution < -0.4 is 5.32 Å². The van der Waals surface area contributed by atoms with Crippen LogP contribution in [0.15, 0.2) is 43.1 Å². The van der Waals surface area contributed by atoms with Gasteiger partial charge in [0.2, 0.25) is 0 Å². The summed E-state index contributed by atoms with van der Waals surface area (Å²) in [4.78, 5) is 2.58. The lowest BCUT2D eigenvalue weighted by molar-refractivity contribution is 0.331. The van der Waals surface area contributed by atoms with Gasteiger partial charge in [-0.25, -0.2) is 0 Å². The standard InChI is InChI=1S/C21H30N4/c1-4-11-25-16-20(18(3)23-25)14-22-10-13-24-12-9-19(15-24)21-8-6-5-7-17(21)2/h4-8,16,19,22H,1,9-15H2,2-3H3. The maximum Gasteiger partial charge on any atom is 0.0638 e. The largest absolute Gasteiger partial charge is 0.311 e. The number of nitrogens with zero attached hydrogens (tertiary/aromatic N) is 3. The summed E-state index contributed by atoms with van der Waals surface area (Å²) in [6.07, 6.45) is 5.27. The minimum Gasteiger partial charge on any atom is -0.311 e. The molecule has 1 aliphatic heterocycles. The molecule has 0 spiro atoms. The summed E-state index contributed by atoms with van der Waals surface area (Å²) in [7, 11) is 0. The zero-order valence-corrected chi connectivity index (χ0v) is 15.5. The molecule has 0 radical (unpaired) electrons. The van der Waals surface area contributed by atoms with E-state index in [9.17, 15) is 0 Å². The fourth-order valence-electron chi connectivity index (χ4n) is 3.75. The highest BCUT2D eigenvalue weighted by Gasteiger charge is 2.24. The minimum absolute atomic E-state index is 0.695. The van der Waals surface area contributed by atoms with Gasteiger partial charge < -0.3 is 10.2 Å². The summed E-state index contributed by atoms with van der Waals surface area (Å²) in [5, 5.41) is 8.07. The Hall–Kier alpha value is -1.91. The maximum atomic E-state index is 4.50. The fraction of sp³-hybridized carbons (Fsp3) is 0.476. The topological polar surface area (TPSA) is 33.1 Å². The van der Waals surface area contributed by atoms with E-state index in [0.717, 1.165) is 31.9 Å². The van der Waals surface area contributed by atoms with Crippen molar-refractivity contribution in [3.05, 3.63) is 65.5 Å². The van der Waals surface area contributed by atoms with Crippen molar-refractivity contribution < 1.29 is 0 Å². The zero-order valence-electron chi connectivity index (χ0n) is 15.5. The molecule has 0 bridgehead atoms. The molecule has 1 aromatic carbocycles. The second-order valence-corrected chi connectivity index (χ2v) is 7.07. The van der Waals surface area contributed by atoms with Crippen LogP contribution in [0.3, 0.4) is 0 Å². The predicted molar refractivity (Wildman–Crippen MR) is 104 cm³/mol. The van der Waals surface area contributed by atoms with Gasteiger partial charge in [-0.3, -0.25) is 4.68 Å². The summed E-state index contributed by atoms with van der Waals surface area (Å²) >= 11 is 0. The molecule has 4 heteroatoms. The van der Waals surface area contributed by atoms with Crippen molar-refractivity contribution in [2.75, 3.05) is 26.2 Å². The number of aryl methyl sites for hydroxylation is 2. The van der Waals surface area contributed by atoms with E-state index < -0.39 is 0 Å². The monoisotopic (exact) mass is 338 g/mol. The van der Waals surface area contributed by atoms with Gasteiger partial charge in [0.05, 0.1) is 12.2 Å². The highest BCUT2D eigenvalue weighted by atomic mass is 15.3. The van der Waals surface area contributed by atoms with Crippen LogP contribution in [-0.4, -0.2) is 40.9 Å². The average Bonchev–Trinajstić information content (AvgIpc) is 3.19. The van der Waals surface area contributed by atoms with Crippen molar-refractivity contribution in [3.8, 4) is 0 Å². The van der Waals surface area contributed by atoms with Gasteiger partial charge in [-0.05, 0) is 43.9 Å². The quantitative estimate of drug-likeness (QED) is 0.592. The van der Waals surface area contributed by atoms with Gasteiger partial charge in [0.25, 0.3) is 0 Å². The Balaban J connectivity index is 1.41. The molecule has 1 saturated heterocycles. The lowest BCUT2D eigenvalue weighted by atomic mass is 9.94. The number of hydrogen-bond acceptors (Lipinski definition) is 3. The molecule has 1 fully saturated rings. The van der Waals surface area contributed by atoms with Crippen LogP contribution in [0.2, 0.25) is 0 Å². The number of hydrogen-bond donors (Lipinski definition) is 1. The molecule has 25 heavy (non-hydrogen) atoms. The van der Waals surface area contributed by atoms with E-state index in [-0.39, 0.29) is 0 Å². The molecule has 1 atom stereocenters. The normalized spacial score (nSPS) is 17.9. The van der Waals surface area contributed by atoms with Crippen molar-refractivity contribution in [2.45, 2.75) is 39.3 Å². The SMILES string of the molecule is C=CCn1cc(CNCCN2CCC(c3ccccc3C)C2)c(C)n1. The smallest absolute Gasteiger partial charge is 0.0638 e. The van der Waals surface area contributed by atoms with E-state index in [4.69, 9.17) is 0 Å². The second kappa shape index (κ2) is 8.45. The van der Waals surface area contributed by atoms with Crippen molar-refractivity contribution in [2.24, 2.45) is 0 Å². The first-order chi connectivity index (χ1) is 12.2. The Kier molecular flexibility index (Phi) is 6.05. The van der Waals surface area contributed by atoms with E-state index >= 15 is 0 Å². The highest BCUT2D eigenvalue weighted by Crippen LogP contribution is 2.28. The number of allylic oxidation sites excluding steroid dienone is 1. The Morgan fingerprint density at radius 3 is 2.96 bits per heavy atom. The third-order valence-corrected chi connectivity index (χ3v) is 5.19. The number of benzene rings is 1. The first-order valence-electron chi connectivity index (χ1n) is 9.30. The molecule has 1 unspecified atom stereocenters. The molecule has 134 valence electrons. The molecule has 0 aliphatic carbocycles. The second-order valence-electron chi connectivity index (χ2n) is 7.07. The molecular formula is C21H30N4. The molecule has 2 heterocycles. The highest BCUT2D eigenvalue weighted by molar-refractivity contribution is 5.30.